The molecular weight excluding hydrogens is 386 g/mol. The van der Waals surface area contributed by atoms with Crippen LogP contribution in [0.15, 0.2) is 36.9 Å². The zero-order chi connectivity index (χ0) is 21.6. The minimum Gasteiger partial charge on any atom is -0.486 e. The molecule has 0 bridgehead atoms. The van der Waals surface area contributed by atoms with Crippen molar-refractivity contribution < 1.29 is 14.4 Å². The predicted octanol–water partition coefficient (Wildman–Crippen LogP) is 1.87. The maximum atomic E-state index is 12.2. The summed E-state index contributed by atoms with van der Waals surface area (Å²) in [5, 5.41) is 7.61. The summed E-state index contributed by atoms with van der Waals surface area (Å²) in [5.74, 6) is 1.51. The van der Waals surface area contributed by atoms with E-state index in [2.05, 4.69) is 17.0 Å². The molecule has 29 heavy (non-hydrogen) atoms. The maximum Gasteiger partial charge on any atom is 0.275 e. The number of amides is 1. The van der Waals surface area contributed by atoms with Gasteiger partial charge in [0.2, 0.25) is 4.77 Å². The Morgan fingerprint density at radius 2 is 2.14 bits per heavy atom. The van der Waals surface area contributed by atoms with E-state index >= 15 is 0 Å². The third-order valence-electron chi connectivity index (χ3n) is 4.07. The first-order valence-corrected chi connectivity index (χ1v) is 10.1. The van der Waals surface area contributed by atoms with Crippen molar-refractivity contribution in [3.8, 4) is 5.75 Å². The van der Waals surface area contributed by atoms with E-state index in [0.717, 1.165) is 22.0 Å². The van der Waals surface area contributed by atoms with Crippen LogP contribution in [0, 0.1) is 11.7 Å². The van der Waals surface area contributed by atoms with Crippen LogP contribution in [0.3, 0.4) is 0 Å². The molecule has 0 aliphatic heterocycles. The van der Waals surface area contributed by atoms with Crippen LogP contribution in [-0.2, 0) is 24.6 Å². The van der Waals surface area contributed by atoms with Crippen molar-refractivity contribution in [2.45, 2.75) is 53.1 Å². The van der Waals surface area contributed by atoms with Gasteiger partial charge < -0.3 is 15.0 Å². The Balaban J connectivity index is 2.10. The molecule has 1 heterocycles. The van der Waals surface area contributed by atoms with Gasteiger partial charge in [-0.3, -0.25) is 9.36 Å². The fourth-order valence-corrected chi connectivity index (χ4v) is 3.19. The number of rotatable bonds is 9. The van der Waals surface area contributed by atoms with Gasteiger partial charge in [-0.2, -0.15) is 4.68 Å². The zero-order valence-electron chi connectivity index (χ0n) is 18.0. The Hall–Kier alpha value is -2.45. The van der Waals surface area contributed by atoms with Gasteiger partial charge in [0.15, 0.2) is 19.0 Å². The molecule has 0 saturated heterocycles. The molecule has 1 atom stereocenters. The number of benzene rings is 1. The lowest BCUT2D eigenvalue weighted by molar-refractivity contribution is -0.895. The summed E-state index contributed by atoms with van der Waals surface area (Å²) in [6.07, 6.45) is 1.78. The first-order chi connectivity index (χ1) is 13.6. The molecule has 1 aromatic heterocycles. The van der Waals surface area contributed by atoms with Gasteiger partial charge in [-0.15, -0.1) is 11.7 Å². The fraction of sp³-hybridized carbons (Fsp3) is 0.476. The van der Waals surface area contributed by atoms with Crippen LogP contribution in [0.5, 0.6) is 5.75 Å². The predicted molar refractivity (Wildman–Crippen MR) is 116 cm³/mol. The first kappa shape index (κ1) is 22.8. The third-order valence-corrected chi connectivity index (χ3v) is 4.50. The molecule has 8 heteroatoms. The number of ether oxygens (including phenoxy) is 1. The largest absolute Gasteiger partial charge is 0.486 e. The van der Waals surface area contributed by atoms with Crippen LogP contribution in [0.2, 0.25) is 0 Å². The molecule has 2 rings (SSSR count). The average Bonchev–Trinajstić information content (AvgIpc) is 2.87. The van der Waals surface area contributed by atoms with Gasteiger partial charge >= 0.3 is 0 Å². The van der Waals surface area contributed by atoms with Gasteiger partial charge in [-0.05, 0) is 57.6 Å². The Bertz CT molecular complexity index is 911. The molecule has 0 aliphatic rings. The fourth-order valence-electron chi connectivity index (χ4n) is 2.91. The van der Waals surface area contributed by atoms with Gasteiger partial charge in [-0.1, -0.05) is 18.2 Å². The van der Waals surface area contributed by atoms with Crippen LogP contribution < -0.4 is 15.0 Å². The number of quaternary nitrogens is 1. The second-order valence-electron chi connectivity index (χ2n) is 8.29. The van der Waals surface area contributed by atoms with E-state index < -0.39 is 0 Å². The van der Waals surface area contributed by atoms with E-state index in [1.54, 1.807) is 10.8 Å². The SMILES string of the molecule is C=CCn1c(COc2cccc(C)c2)nn(C[NH+](C)CC(=O)NC(C)(C)C)c1=S. The van der Waals surface area contributed by atoms with Crippen LogP contribution >= 0.6 is 12.2 Å². The van der Waals surface area contributed by atoms with Gasteiger partial charge in [0.05, 0.1) is 7.05 Å². The third kappa shape index (κ3) is 7.14. The summed E-state index contributed by atoms with van der Waals surface area (Å²) in [5.41, 5.74) is 0.884. The maximum absolute atomic E-state index is 12.2. The molecule has 1 aromatic carbocycles. The van der Waals surface area contributed by atoms with Crippen molar-refractivity contribution in [3.05, 3.63) is 53.1 Å². The van der Waals surface area contributed by atoms with Crippen LogP contribution in [-0.4, -0.2) is 39.4 Å². The van der Waals surface area contributed by atoms with E-state index in [0.29, 0.717) is 31.1 Å². The van der Waals surface area contributed by atoms with Crippen LogP contribution in [0.1, 0.15) is 32.2 Å². The van der Waals surface area contributed by atoms with E-state index in [1.807, 2.05) is 63.6 Å². The van der Waals surface area contributed by atoms with Crippen molar-refractivity contribution in [3.63, 3.8) is 0 Å². The zero-order valence-corrected chi connectivity index (χ0v) is 18.8. The van der Waals surface area contributed by atoms with Crippen molar-refractivity contribution in [1.82, 2.24) is 19.7 Å². The Labute approximate surface area is 178 Å². The summed E-state index contributed by atoms with van der Waals surface area (Å²) in [4.78, 5) is 13.2. The topological polar surface area (TPSA) is 65.5 Å². The number of aryl methyl sites for hydroxylation is 1. The normalized spacial score (nSPS) is 12.4. The smallest absolute Gasteiger partial charge is 0.275 e. The number of nitrogens with one attached hydrogen (secondary N) is 2. The lowest BCUT2D eigenvalue weighted by atomic mass is 10.1. The van der Waals surface area contributed by atoms with E-state index in [4.69, 9.17) is 17.0 Å². The Morgan fingerprint density at radius 3 is 2.76 bits per heavy atom. The molecule has 0 saturated carbocycles. The highest BCUT2D eigenvalue weighted by Crippen LogP contribution is 2.14. The molecule has 2 N–H and O–H groups in total. The number of allylic oxidation sites excluding steroid dienone is 1. The lowest BCUT2D eigenvalue weighted by Gasteiger charge is -2.21. The van der Waals surface area contributed by atoms with E-state index in [-0.39, 0.29) is 11.4 Å². The molecule has 2 aromatic rings. The monoisotopic (exact) mass is 418 g/mol. The molecule has 158 valence electrons. The van der Waals surface area contributed by atoms with Crippen molar-refractivity contribution >= 4 is 18.1 Å². The number of hydrogen-bond donors (Lipinski definition) is 2. The summed E-state index contributed by atoms with van der Waals surface area (Å²) in [6.45, 7) is 13.4. The Morgan fingerprint density at radius 1 is 1.41 bits per heavy atom. The minimum absolute atomic E-state index is 0.00459. The molecule has 0 spiro atoms. The highest BCUT2D eigenvalue weighted by Gasteiger charge is 2.19. The first-order valence-electron chi connectivity index (χ1n) is 9.68. The summed E-state index contributed by atoms with van der Waals surface area (Å²) < 4.78 is 10.1. The molecule has 0 fully saturated rings. The van der Waals surface area contributed by atoms with Crippen LogP contribution in [0.4, 0.5) is 0 Å². The molecule has 1 amide bonds. The highest BCUT2D eigenvalue weighted by atomic mass is 32.1. The van der Waals surface area contributed by atoms with Crippen molar-refractivity contribution in [1.29, 1.82) is 0 Å². The molecular formula is C21H32N5O2S+. The molecule has 7 nitrogen and oxygen atoms in total. The number of hydrogen-bond acceptors (Lipinski definition) is 4. The number of aromatic nitrogens is 3. The number of carbonyl (C=O) groups excluding carboxylic acids is 1. The minimum atomic E-state index is -0.250. The van der Waals surface area contributed by atoms with Gasteiger partial charge in [0.25, 0.3) is 5.91 Å². The van der Waals surface area contributed by atoms with Gasteiger partial charge in [0, 0.05) is 12.1 Å². The number of nitrogens with zero attached hydrogens (tertiary/aromatic N) is 3. The Kier molecular flexibility index (Phi) is 7.75. The number of likely N-dealkylation sites (N-methyl/N-ethyl adjacent to an activating group) is 1. The second-order valence-corrected chi connectivity index (χ2v) is 8.66. The molecule has 0 aliphatic carbocycles. The summed E-state index contributed by atoms with van der Waals surface area (Å²) >= 11 is 5.60. The lowest BCUT2D eigenvalue weighted by Crippen LogP contribution is -3.09. The van der Waals surface area contributed by atoms with E-state index in [9.17, 15) is 4.79 Å². The molecule has 0 radical (unpaired) electrons. The molecule has 1 unspecified atom stereocenters. The van der Waals surface area contributed by atoms with Crippen molar-refractivity contribution in [2.75, 3.05) is 13.6 Å². The quantitative estimate of drug-likeness (QED) is 0.482. The summed E-state index contributed by atoms with van der Waals surface area (Å²) in [7, 11) is 1.94. The van der Waals surface area contributed by atoms with Crippen molar-refractivity contribution in [2.24, 2.45) is 0 Å². The average molecular weight is 419 g/mol. The second kappa shape index (κ2) is 9.84. The van der Waals surface area contributed by atoms with Gasteiger partial charge in [0.1, 0.15) is 12.4 Å². The highest BCUT2D eigenvalue weighted by molar-refractivity contribution is 7.71. The van der Waals surface area contributed by atoms with Crippen LogP contribution in [0.25, 0.3) is 0 Å². The number of carbonyl (C=O) groups is 1. The summed E-state index contributed by atoms with van der Waals surface area (Å²) in [6, 6.07) is 7.88. The standard InChI is InChI=1S/C21H31N5O2S/c1-7-11-25-18(14-28-17-10-8-9-16(2)12-17)23-26(20(25)29)15-24(6)13-19(27)22-21(3,4)5/h7-10,12H,1,11,13-15H2,2-6H3,(H,22,27)/p+1. The van der Waals surface area contributed by atoms with Gasteiger partial charge in [-0.25, -0.2) is 0 Å². The van der Waals surface area contributed by atoms with E-state index in [1.165, 1.54) is 0 Å².